The van der Waals surface area contributed by atoms with E-state index in [2.05, 4.69) is 5.32 Å². The number of alkyl carbamates (subject to hydrolysis) is 1. The van der Waals surface area contributed by atoms with Crippen LogP contribution in [0.25, 0.3) is 0 Å². The number of nitrogens with one attached hydrogen (secondary N) is 1. The van der Waals surface area contributed by atoms with Gasteiger partial charge in [0.1, 0.15) is 5.60 Å². The van der Waals surface area contributed by atoms with E-state index >= 15 is 0 Å². The summed E-state index contributed by atoms with van der Waals surface area (Å²) in [6.07, 6.45) is 0.535. The number of ether oxygens (including phenoxy) is 1. The maximum atomic E-state index is 11.4. The van der Waals surface area contributed by atoms with E-state index in [1.54, 1.807) is 34.6 Å². The predicted molar refractivity (Wildman–Crippen MR) is 63.2 cm³/mol. The second-order valence-corrected chi connectivity index (χ2v) is 8.04. The smallest absolute Gasteiger partial charge is 0.407 e. The van der Waals surface area contributed by atoms with Crippen LogP contribution in [0, 0.1) is 0 Å². The number of hydrogen-bond donors (Lipinski definition) is 1. The van der Waals surface area contributed by atoms with E-state index in [9.17, 15) is 13.2 Å². The molecule has 0 atom stereocenters. The third-order valence-electron chi connectivity index (χ3n) is 2.06. The van der Waals surface area contributed by atoms with Crippen LogP contribution in [0.5, 0.6) is 0 Å². The van der Waals surface area contributed by atoms with Crippen molar-refractivity contribution in [3.8, 4) is 0 Å². The first-order chi connectivity index (χ1) is 6.85. The van der Waals surface area contributed by atoms with E-state index in [0.717, 1.165) is 6.26 Å². The van der Waals surface area contributed by atoms with Crippen molar-refractivity contribution in [3.05, 3.63) is 0 Å². The van der Waals surface area contributed by atoms with Gasteiger partial charge in [0.15, 0.2) is 9.84 Å². The first-order valence-electron chi connectivity index (χ1n) is 5.02. The highest BCUT2D eigenvalue weighted by Gasteiger charge is 2.31. The van der Waals surface area contributed by atoms with Crippen LogP contribution in [0.3, 0.4) is 0 Å². The molecule has 0 aromatic rings. The van der Waals surface area contributed by atoms with Crippen LogP contribution < -0.4 is 5.32 Å². The summed E-state index contributed by atoms with van der Waals surface area (Å²) in [4.78, 5) is 11.3. The molecule has 1 N–H and O–H groups in total. The van der Waals surface area contributed by atoms with Crippen molar-refractivity contribution in [3.63, 3.8) is 0 Å². The van der Waals surface area contributed by atoms with E-state index in [1.165, 1.54) is 0 Å². The summed E-state index contributed by atoms with van der Waals surface area (Å²) in [7, 11) is -3.21. The number of rotatable bonds is 3. The van der Waals surface area contributed by atoms with Crippen LogP contribution in [0.15, 0.2) is 0 Å². The zero-order valence-corrected chi connectivity index (χ0v) is 11.6. The van der Waals surface area contributed by atoms with Gasteiger partial charge in [-0.15, -0.1) is 0 Å². The molecule has 0 aliphatic heterocycles. The maximum absolute atomic E-state index is 11.4. The fourth-order valence-corrected chi connectivity index (χ4v) is 1.06. The van der Waals surface area contributed by atoms with Gasteiger partial charge < -0.3 is 10.1 Å². The molecule has 0 aliphatic carbocycles. The zero-order chi connectivity index (χ0) is 13.2. The third kappa shape index (κ3) is 5.34. The number of amides is 1. The molecule has 0 saturated heterocycles. The molecule has 0 fully saturated rings. The highest BCUT2D eigenvalue weighted by atomic mass is 32.2. The molecule has 16 heavy (non-hydrogen) atoms. The van der Waals surface area contributed by atoms with Gasteiger partial charge in [0, 0.05) is 12.8 Å². The second-order valence-electron chi connectivity index (χ2n) is 5.39. The molecule has 0 unspecified atom stereocenters. The van der Waals surface area contributed by atoms with Crippen molar-refractivity contribution in [1.29, 1.82) is 0 Å². The summed E-state index contributed by atoms with van der Waals surface area (Å²) >= 11 is 0. The highest BCUT2D eigenvalue weighted by molar-refractivity contribution is 7.92. The molecule has 0 heterocycles. The maximum Gasteiger partial charge on any atom is 0.407 e. The normalized spacial score (nSPS) is 13.4. The van der Waals surface area contributed by atoms with Crippen molar-refractivity contribution in [2.75, 3.05) is 12.8 Å². The lowest BCUT2D eigenvalue weighted by Crippen LogP contribution is -2.45. The van der Waals surface area contributed by atoms with Gasteiger partial charge in [0.05, 0.1) is 4.75 Å². The first kappa shape index (κ1) is 15.2. The van der Waals surface area contributed by atoms with Gasteiger partial charge in [0.2, 0.25) is 0 Å². The van der Waals surface area contributed by atoms with Crippen LogP contribution in [-0.2, 0) is 14.6 Å². The molecule has 0 spiro atoms. The molecule has 0 aromatic carbocycles. The topological polar surface area (TPSA) is 72.5 Å². The number of hydrogen-bond acceptors (Lipinski definition) is 4. The molecule has 5 nitrogen and oxygen atoms in total. The Bertz CT molecular complexity index is 352. The molecule has 0 radical (unpaired) electrons. The molecule has 0 saturated carbocycles. The molecule has 1 amide bonds. The van der Waals surface area contributed by atoms with Crippen LogP contribution in [0.2, 0.25) is 0 Å². The van der Waals surface area contributed by atoms with E-state index < -0.39 is 26.3 Å². The molecular weight excluding hydrogens is 230 g/mol. The van der Waals surface area contributed by atoms with Crippen molar-refractivity contribution in [2.45, 2.75) is 45.0 Å². The summed E-state index contributed by atoms with van der Waals surface area (Å²) in [6.45, 7) is 8.37. The Morgan fingerprint density at radius 2 is 1.62 bits per heavy atom. The summed E-state index contributed by atoms with van der Waals surface area (Å²) in [5, 5.41) is 2.45. The summed E-state index contributed by atoms with van der Waals surface area (Å²) < 4.78 is 26.7. The number of carbonyl (C=O) groups excluding carboxylic acids is 1. The van der Waals surface area contributed by atoms with Crippen molar-refractivity contribution >= 4 is 15.9 Å². The highest BCUT2D eigenvalue weighted by Crippen LogP contribution is 2.14. The Morgan fingerprint density at radius 3 is 1.94 bits per heavy atom. The van der Waals surface area contributed by atoms with Gasteiger partial charge in [-0.2, -0.15) is 0 Å². The monoisotopic (exact) mass is 251 g/mol. The minimum absolute atomic E-state index is 0.0285. The predicted octanol–water partition coefficient (Wildman–Crippen LogP) is 1.33. The summed E-state index contributed by atoms with van der Waals surface area (Å²) in [6, 6.07) is 0. The Balaban J connectivity index is 4.33. The van der Waals surface area contributed by atoms with Crippen LogP contribution >= 0.6 is 0 Å². The Labute approximate surface area is 97.5 Å². The molecule has 0 aliphatic rings. The average Bonchev–Trinajstić information content (AvgIpc) is 1.95. The largest absolute Gasteiger partial charge is 0.444 e. The van der Waals surface area contributed by atoms with Gasteiger partial charge in [-0.25, -0.2) is 13.2 Å². The van der Waals surface area contributed by atoms with E-state index in [-0.39, 0.29) is 6.54 Å². The first-order valence-corrected chi connectivity index (χ1v) is 6.91. The Hall–Kier alpha value is -0.780. The standard InChI is InChI=1S/C10H21NO4S/c1-9(2,3)15-8(12)11-7-10(4,5)16(6,13)14/h7H2,1-6H3,(H,11,12). The quantitative estimate of drug-likeness (QED) is 0.821. The second kappa shape index (κ2) is 4.61. The fourth-order valence-electron chi connectivity index (χ4n) is 0.730. The van der Waals surface area contributed by atoms with Crippen molar-refractivity contribution in [1.82, 2.24) is 5.32 Å². The fraction of sp³-hybridized carbons (Fsp3) is 0.900. The van der Waals surface area contributed by atoms with E-state index in [1.807, 2.05) is 0 Å². The Kier molecular flexibility index (Phi) is 4.38. The number of carbonyl (C=O) groups is 1. The van der Waals surface area contributed by atoms with Crippen LogP contribution in [0.1, 0.15) is 34.6 Å². The number of sulfone groups is 1. The third-order valence-corrected chi connectivity index (χ3v) is 4.21. The van der Waals surface area contributed by atoms with Gasteiger partial charge in [-0.1, -0.05) is 0 Å². The molecule has 0 bridgehead atoms. The van der Waals surface area contributed by atoms with Gasteiger partial charge in [0.25, 0.3) is 0 Å². The summed E-state index contributed by atoms with van der Waals surface area (Å²) in [5.74, 6) is 0. The molecule has 6 heteroatoms. The van der Waals surface area contributed by atoms with Gasteiger partial charge in [-0.3, -0.25) is 0 Å². The minimum atomic E-state index is -3.21. The van der Waals surface area contributed by atoms with Gasteiger partial charge >= 0.3 is 6.09 Å². The lowest BCUT2D eigenvalue weighted by Gasteiger charge is -2.25. The van der Waals surface area contributed by atoms with Crippen molar-refractivity contribution < 1.29 is 17.9 Å². The van der Waals surface area contributed by atoms with Crippen molar-refractivity contribution in [2.24, 2.45) is 0 Å². The zero-order valence-electron chi connectivity index (χ0n) is 10.7. The molecule has 0 aromatic heterocycles. The minimum Gasteiger partial charge on any atom is -0.444 e. The van der Waals surface area contributed by atoms with Crippen LogP contribution in [0.4, 0.5) is 4.79 Å². The SMILES string of the molecule is CC(C)(C)OC(=O)NCC(C)(C)S(C)(=O)=O. The molecule has 96 valence electrons. The lowest BCUT2D eigenvalue weighted by atomic mass is 10.2. The van der Waals surface area contributed by atoms with Crippen LogP contribution in [-0.4, -0.2) is 37.7 Å². The van der Waals surface area contributed by atoms with E-state index in [4.69, 9.17) is 4.74 Å². The summed E-state index contributed by atoms with van der Waals surface area (Å²) in [5.41, 5.74) is -0.584. The van der Waals surface area contributed by atoms with Gasteiger partial charge in [-0.05, 0) is 34.6 Å². The molecule has 0 rings (SSSR count). The average molecular weight is 251 g/mol. The Morgan fingerprint density at radius 1 is 1.19 bits per heavy atom. The lowest BCUT2D eigenvalue weighted by molar-refractivity contribution is 0.0523. The molecular formula is C10H21NO4S. The van der Waals surface area contributed by atoms with E-state index in [0.29, 0.717) is 0 Å².